The summed E-state index contributed by atoms with van der Waals surface area (Å²) in [6.45, 7) is 0. The Hall–Kier alpha value is -4.96. The van der Waals surface area contributed by atoms with Crippen LogP contribution in [0.5, 0.6) is 0 Å². The fourth-order valence-electron chi connectivity index (χ4n) is 7.66. The van der Waals surface area contributed by atoms with Crippen molar-refractivity contribution in [2.45, 2.75) is 0 Å². The molecule has 8 aromatic rings. The van der Waals surface area contributed by atoms with E-state index in [1.807, 2.05) is 0 Å². The summed E-state index contributed by atoms with van der Waals surface area (Å²) in [5.41, 5.74) is 8.79. The Morgan fingerprint density at radius 2 is 1.02 bits per heavy atom. The van der Waals surface area contributed by atoms with E-state index in [0.717, 1.165) is 4.47 Å². The average Bonchev–Trinajstić information content (AvgIpc) is 3.60. The molecule has 45 heavy (non-hydrogen) atoms. The van der Waals surface area contributed by atoms with Crippen LogP contribution in [0.25, 0.3) is 49.7 Å². The van der Waals surface area contributed by atoms with Gasteiger partial charge in [0.05, 0.1) is 11.0 Å². The average molecular weight is 655 g/mol. The fourth-order valence-corrected chi connectivity index (χ4v) is 13.1. The van der Waals surface area contributed by atoms with E-state index < -0.39 is 8.07 Å². The number of aromatic nitrogens is 1. The Morgan fingerprint density at radius 1 is 0.422 bits per heavy atom. The second-order valence-electron chi connectivity index (χ2n) is 11.8. The zero-order valence-corrected chi connectivity index (χ0v) is 27.1. The molecule has 0 saturated carbocycles. The minimum Gasteiger partial charge on any atom is -0.309 e. The molecule has 0 N–H and O–H groups in total. The monoisotopic (exact) mass is 653 g/mol. The molecule has 1 aliphatic heterocycles. The Morgan fingerprint density at radius 3 is 1.78 bits per heavy atom. The van der Waals surface area contributed by atoms with Crippen molar-refractivity contribution in [3.8, 4) is 27.9 Å². The van der Waals surface area contributed by atoms with E-state index in [9.17, 15) is 0 Å². The molecule has 1 nitrogen and oxygen atoms in total. The maximum atomic E-state index is 3.71. The number of fused-ring (bicyclic) bond motifs is 6. The fraction of sp³-hybridized carbons (Fsp3) is 0. The molecule has 0 unspecified atom stereocenters. The lowest BCUT2D eigenvalue weighted by molar-refractivity contribution is 1.18. The number of rotatable bonds is 4. The van der Waals surface area contributed by atoms with Crippen LogP contribution in [0.4, 0.5) is 0 Å². The van der Waals surface area contributed by atoms with Gasteiger partial charge in [-0.25, -0.2) is 0 Å². The number of halogens is 1. The second-order valence-corrected chi connectivity index (χ2v) is 16.5. The van der Waals surface area contributed by atoms with E-state index in [0.29, 0.717) is 0 Å². The predicted molar refractivity (Wildman–Crippen MR) is 197 cm³/mol. The third kappa shape index (κ3) is 3.91. The third-order valence-electron chi connectivity index (χ3n) is 9.55. The summed E-state index contributed by atoms with van der Waals surface area (Å²) >= 11 is 3.71. The van der Waals surface area contributed by atoms with Crippen LogP contribution in [0.2, 0.25) is 0 Å². The molecule has 0 amide bonds. The van der Waals surface area contributed by atoms with Crippen molar-refractivity contribution in [1.29, 1.82) is 0 Å². The van der Waals surface area contributed by atoms with Gasteiger partial charge in [-0.05, 0) is 79.4 Å². The Kier molecular flexibility index (Phi) is 6.05. The predicted octanol–water partition coefficient (Wildman–Crippen LogP) is 8.57. The molecular formula is C42H28BrNSi. The molecule has 212 valence electrons. The molecule has 0 saturated heterocycles. The van der Waals surface area contributed by atoms with E-state index in [1.54, 1.807) is 0 Å². The Labute approximate surface area is 272 Å². The van der Waals surface area contributed by atoms with Crippen LogP contribution in [0.1, 0.15) is 0 Å². The lowest BCUT2D eigenvalue weighted by Gasteiger charge is -2.31. The van der Waals surface area contributed by atoms with Crippen molar-refractivity contribution in [3.05, 3.63) is 174 Å². The zero-order chi connectivity index (χ0) is 30.0. The van der Waals surface area contributed by atoms with E-state index in [-0.39, 0.29) is 0 Å². The van der Waals surface area contributed by atoms with Gasteiger partial charge >= 0.3 is 0 Å². The lowest BCUT2D eigenvalue weighted by Crippen LogP contribution is -2.72. The van der Waals surface area contributed by atoms with Gasteiger partial charge in [-0.2, -0.15) is 0 Å². The van der Waals surface area contributed by atoms with Crippen LogP contribution in [0.3, 0.4) is 0 Å². The quantitative estimate of drug-likeness (QED) is 0.168. The molecular weight excluding hydrogens is 626 g/mol. The number of benzene rings is 7. The molecule has 0 aliphatic carbocycles. The first-order valence-electron chi connectivity index (χ1n) is 15.4. The molecule has 7 aromatic carbocycles. The van der Waals surface area contributed by atoms with Gasteiger partial charge < -0.3 is 4.57 Å². The molecule has 9 rings (SSSR count). The van der Waals surface area contributed by atoms with Gasteiger partial charge in [0.1, 0.15) is 0 Å². The van der Waals surface area contributed by atoms with Crippen LogP contribution < -0.4 is 20.7 Å². The first-order valence-corrected chi connectivity index (χ1v) is 18.2. The third-order valence-corrected chi connectivity index (χ3v) is 14.9. The maximum Gasteiger partial charge on any atom is 0.180 e. The van der Waals surface area contributed by atoms with E-state index in [4.69, 9.17) is 0 Å². The maximum absolute atomic E-state index is 3.71. The van der Waals surface area contributed by atoms with Gasteiger partial charge in [-0.1, -0.05) is 149 Å². The van der Waals surface area contributed by atoms with Gasteiger partial charge in [0, 0.05) is 20.9 Å². The highest BCUT2D eigenvalue weighted by molar-refractivity contribution is 9.10. The van der Waals surface area contributed by atoms with Gasteiger partial charge in [-0.3, -0.25) is 0 Å². The molecule has 0 bridgehead atoms. The minimum absolute atomic E-state index is 1.10. The van der Waals surface area contributed by atoms with Crippen LogP contribution in [-0.4, -0.2) is 12.6 Å². The van der Waals surface area contributed by atoms with Crippen LogP contribution in [-0.2, 0) is 0 Å². The smallest absolute Gasteiger partial charge is 0.180 e. The number of hydrogen-bond donors (Lipinski definition) is 0. The molecule has 0 spiro atoms. The van der Waals surface area contributed by atoms with Crippen LogP contribution >= 0.6 is 15.9 Å². The van der Waals surface area contributed by atoms with Gasteiger partial charge in [0.15, 0.2) is 8.07 Å². The van der Waals surface area contributed by atoms with Crippen molar-refractivity contribution in [2.24, 2.45) is 0 Å². The van der Waals surface area contributed by atoms with E-state index in [2.05, 4.69) is 190 Å². The highest BCUT2D eigenvalue weighted by Crippen LogP contribution is 2.35. The molecule has 2 heterocycles. The first kappa shape index (κ1) is 26.4. The standard InChI is InChI=1S/C42H28BrNSi/c43-31-21-23-33(24-22-31)45(41-19-8-5-16-36(41)37-17-6-9-20-42(37)45)34-25-26-40-38(28-34)35-15-4-7-18-39(35)44(40)32-14-10-13-30(27-32)29-11-2-1-3-12-29/h1-28H. The summed E-state index contributed by atoms with van der Waals surface area (Å²) in [4.78, 5) is 0. The minimum atomic E-state index is -2.61. The highest BCUT2D eigenvalue weighted by Gasteiger charge is 2.48. The second kappa shape index (κ2) is 10.3. The highest BCUT2D eigenvalue weighted by atomic mass is 79.9. The first-order chi connectivity index (χ1) is 22.2. The summed E-state index contributed by atoms with van der Waals surface area (Å²) in [7, 11) is -2.61. The van der Waals surface area contributed by atoms with Crippen LogP contribution in [0, 0.1) is 0 Å². The Balaban J connectivity index is 1.34. The number of para-hydroxylation sites is 1. The van der Waals surface area contributed by atoms with Crippen molar-refractivity contribution in [1.82, 2.24) is 4.57 Å². The Bertz CT molecular complexity index is 2340. The number of hydrogen-bond acceptors (Lipinski definition) is 0. The van der Waals surface area contributed by atoms with Gasteiger partial charge in [0.2, 0.25) is 0 Å². The molecule has 1 aromatic heterocycles. The molecule has 3 heteroatoms. The van der Waals surface area contributed by atoms with Crippen LogP contribution in [0.15, 0.2) is 174 Å². The van der Waals surface area contributed by atoms with Crippen molar-refractivity contribution < 1.29 is 0 Å². The number of nitrogens with zero attached hydrogens (tertiary/aromatic N) is 1. The van der Waals surface area contributed by atoms with Gasteiger partial charge in [-0.15, -0.1) is 0 Å². The molecule has 0 radical (unpaired) electrons. The lowest BCUT2D eigenvalue weighted by atomic mass is 10.1. The summed E-state index contributed by atoms with van der Waals surface area (Å²) < 4.78 is 3.54. The van der Waals surface area contributed by atoms with Gasteiger partial charge in [0.25, 0.3) is 0 Å². The summed E-state index contributed by atoms with van der Waals surface area (Å²) in [5, 5.41) is 8.31. The van der Waals surface area contributed by atoms with Crippen molar-refractivity contribution in [2.75, 3.05) is 0 Å². The topological polar surface area (TPSA) is 4.93 Å². The zero-order valence-electron chi connectivity index (χ0n) is 24.5. The SMILES string of the molecule is Brc1ccc([Si]2(c3ccc4c(c3)c3ccccc3n4-c3cccc(-c4ccccc4)c3)c3ccccc3-c3ccccc32)cc1. The van der Waals surface area contributed by atoms with E-state index >= 15 is 0 Å². The van der Waals surface area contributed by atoms with E-state index in [1.165, 1.54) is 70.5 Å². The normalized spacial score (nSPS) is 13.2. The molecule has 1 aliphatic rings. The van der Waals surface area contributed by atoms with Crippen molar-refractivity contribution in [3.63, 3.8) is 0 Å². The van der Waals surface area contributed by atoms with Crippen molar-refractivity contribution >= 4 is 66.6 Å². The summed E-state index contributed by atoms with van der Waals surface area (Å²) in [6, 6.07) is 63.0. The molecule has 0 fully saturated rings. The summed E-state index contributed by atoms with van der Waals surface area (Å²) in [5.74, 6) is 0. The summed E-state index contributed by atoms with van der Waals surface area (Å²) in [6.07, 6.45) is 0. The largest absolute Gasteiger partial charge is 0.309 e. The molecule has 0 atom stereocenters.